The molecule has 0 radical (unpaired) electrons. The molecule has 0 aliphatic carbocycles. The average Bonchev–Trinajstić information content (AvgIpc) is 2.95. The van der Waals surface area contributed by atoms with E-state index in [0.29, 0.717) is 18.1 Å². The quantitative estimate of drug-likeness (QED) is 0.341. The van der Waals surface area contributed by atoms with E-state index >= 15 is 0 Å². The third-order valence-electron chi connectivity index (χ3n) is 7.95. The predicted molar refractivity (Wildman–Crippen MR) is 168 cm³/mol. The Labute approximate surface area is 258 Å². The van der Waals surface area contributed by atoms with Crippen molar-refractivity contribution < 1.29 is 22.8 Å². The van der Waals surface area contributed by atoms with Crippen molar-refractivity contribution in [3.63, 3.8) is 0 Å². The second-order valence-electron chi connectivity index (χ2n) is 12.2. The maximum absolute atomic E-state index is 13.7. The molecule has 43 heavy (non-hydrogen) atoms. The lowest BCUT2D eigenvalue weighted by molar-refractivity contribution is -0.137. The SMILES string of the molecule is Cc1cccc(S(=O)(=O)NC(=O)c2cccc(C(=O)N[C@@H](C(=O)N3CC[C@H](c4ccc(Cl)cc4)C(C)(C)C3)C(C)C)c2)c1. The van der Waals surface area contributed by atoms with E-state index in [1.807, 2.05) is 43.0 Å². The molecule has 2 atom stereocenters. The van der Waals surface area contributed by atoms with Crippen LogP contribution in [0.15, 0.2) is 77.7 Å². The molecule has 3 aromatic rings. The summed E-state index contributed by atoms with van der Waals surface area (Å²) in [6, 6.07) is 19.0. The smallest absolute Gasteiger partial charge is 0.265 e. The number of piperidine rings is 1. The van der Waals surface area contributed by atoms with Gasteiger partial charge in [-0.3, -0.25) is 14.4 Å². The van der Waals surface area contributed by atoms with Gasteiger partial charge in [0.05, 0.1) is 4.90 Å². The van der Waals surface area contributed by atoms with Gasteiger partial charge in [0.2, 0.25) is 5.91 Å². The minimum atomic E-state index is -4.11. The van der Waals surface area contributed by atoms with E-state index in [4.69, 9.17) is 11.6 Å². The number of rotatable bonds is 8. The number of likely N-dealkylation sites (tertiary alicyclic amines) is 1. The first-order valence-corrected chi connectivity index (χ1v) is 16.1. The first-order valence-electron chi connectivity index (χ1n) is 14.3. The maximum Gasteiger partial charge on any atom is 0.265 e. The van der Waals surface area contributed by atoms with Crippen LogP contribution in [0.5, 0.6) is 0 Å². The summed E-state index contributed by atoms with van der Waals surface area (Å²) < 4.78 is 27.5. The van der Waals surface area contributed by atoms with Gasteiger partial charge in [0, 0.05) is 29.2 Å². The molecule has 228 valence electrons. The van der Waals surface area contributed by atoms with Crippen LogP contribution in [-0.4, -0.2) is 50.2 Å². The minimum Gasteiger partial charge on any atom is -0.340 e. The molecule has 0 bridgehead atoms. The summed E-state index contributed by atoms with van der Waals surface area (Å²) in [4.78, 5) is 41.7. The summed E-state index contributed by atoms with van der Waals surface area (Å²) in [5, 5.41) is 3.54. The van der Waals surface area contributed by atoms with Gasteiger partial charge in [-0.1, -0.05) is 69.6 Å². The summed E-state index contributed by atoms with van der Waals surface area (Å²) in [7, 11) is -4.11. The van der Waals surface area contributed by atoms with E-state index < -0.39 is 27.9 Å². The minimum absolute atomic E-state index is 0.00215. The Hall–Kier alpha value is -3.69. The largest absolute Gasteiger partial charge is 0.340 e. The highest BCUT2D eigenvalue weighted by atomic mass is 35.5. The van der Waals surface area contributed by atoms with E-state index in [-0.39, 0.29) is 39.2 Å². The van der Waals surface area contributed by atoms with Gasteiger partial charge in [-0.05, 0) is 84.2 Å². The number of halogens is 1. The van der Waals surface area contributed by atoms with Gasteiger partial charge in [0.25, 0.3) is 21.8 Å². The van der Waals surface area contributed by atoms with Crippen molar-refractivity contribution >= 4 is 39.3 Å². The lowest BCUT2D eigenvalue weighted by Gasteiger charge is -2.45. The van der Waals surface area contributed by atoms with Crippen LogP contribution in [0.1, 0.15) is 71.9 Å². The molecule has 3 aromatic carbocycles. The van der Waals surface area contributed by atoms with Gasteiger partial charge in [0.1, 0.15) is 6.04 Å². The zero-order chi connectivity index (χ0) is 31.5. The second kappa shape index (κ2) is 12.9. The summed E-state index contributed by atoms with van der Waals surface area (Å²) in [6.45, 7) is 10.9. The first-order chi connectivity index (χ1) is 20.2. The molecule has 0 aromatic heterocycles. The molecule has 8 nitrogen and oxygen atoms in total. The van der Waals surface area contributed by atoms with E-state index in [1.165, 1.54) is 42.0 Å². The van der Waals surface area contributed by atoms with Crippen LogP contribution in [0.2, 0.25) is 5.02 Å². The van der Waals surface area contributed by atoms with Gasteiger partial charge in [0.15, 0.2) is 0 Å². The highest BCUT2D eigenvalue weighted by Crippen LogP contribution is 2.42. The Morgan fingerprint density at radius 3 is 2.16 bits per heavy atom. The maximum atomic E-state index is 13.7. The number of sulfonamides is 1. The number of nitrogens with one attached hydrogen (secondary N) is 2. The lowest BCUT2D eigenvalue weighted by Crippen LogP contribution is -2.55. The molecule has 10 heteroatoms. The van der Waals surface area contributed by atoms with E-state index in [2.05, 4.69) is 23.9 Å². The number of benzene rings is 3. The van der Waals surface area contributed by atoms with Gasteiger partial charge in [-0.25, -0.2) is 13.1 Å². The zero-order valence-electron chi connectivity index (χ0n) is 25.1. The number of hydrogen-bond acceptors (Lipinski definition) is 5. The van der Waals surface area contributed by atoms with Crippen LogP contribution < -0.4 is 10.0 Å². The Morgan fingerprint density at radius 2 is 1.56 bits per heavy atom. The summed E-state index contributed by atoms with van der Waals surface area (Å²) in [5.74, 6) is -1.50. The lowest BCUT2D eigenvalue weighted by atomic mass is 9.70. The Morgan fingerprint density at radius 1 is 0.930 bits per heavy atom. The highest BCUT2D eigenvalue weighted by Gasteiger charge is 2.40. The summed E-state index contributed by atoms with van der Waals surface area (Å²) in [6.07, 6.45) is 0.780. The van der Waals surface area contributed by atoms with Crippen molar-refractivity contribution in [1.29, 1.82) is 0 Å². The number of amides is 3. The summed E-state index contributed by atoms with van der Waals surface area (Å²) >= 11 is 6.08. The topological polar surface area (TPSA) is 113 Å². The van der Waals surface area contributed by atoms with Crippen molar-refractivity contribution in [2.45, 2.75) is 57.9 Å². The molecule has 4 rings (SSSR count). The number of hydrogen-bond donors (Lipinski definition) is 2. The fourth-order valence-corrected chi connectivity index (χ4v) is 6.82. The molecular formula is C33H38ClN3O5S. The van der Waals surface area contributed by atoms with Crippen molar-refractivity contribution in [2.75, 3.05) is 13.1 Å². The van der Waals surface area contributed by atoms with Crippen molar-refractivity contribution in [3.05, 3.63) is 100 Å². The summed E-state index contributed by atoms with van der Waals surface area (Å²) in [5.41, 5.74) is 1.86. The predicted octanol–water partition coefficient (Wildman–Crippen LogP) is 5.56. The number of nitrogens with zero attached hydrogens (tertiary/aromatic N) is 1. The van der Waals surface area contributed by atoms with Gasteiger partial charge in [-0.2, -0.15) is 0 Å². The average molecular weight is 624 g/mol. The molecule has 1 aliphatic heterocycles. The molecule has 3 amide bonds. The number of aryl methyl sites for hydroxylation is 1. The van der Waals surface area contributed by atoms with Crippen LogP contribution in [0.3, 0.4) is 0 Å². The standard InChI is InChI=1S/C33H38ClN3O5S/c1-21(2)29(32(40)37-17-16-28(33(4,5)20-37)23-12-14-26(34)15-13-23)35-30(38)24-9-7-10-25(19-24)31(39)36-43(41,42)27-11-6-8-22(3)18-27/h6-15,18-19,21,28-29H,16-17,20H2,1-5H3,(H,35,38)(H,36,39)/t28-,29-/m1/s1. The van der Waals surface area contributed by atoms with Gasteiger partial charge in [-0.15, -0.1) is 0 Å². The third kappa shape index (κ3) is 7.64. The molecule has 0 spiro atoms. The van der Waals surface area contributed by atoms with E-state index in [9.17, 15) is 22.8 Å². The Kier molecular flexibility index (Phi) is 9.66. The first kappa shape index (κ1) is 32.2. The third-order valence-corrected chi connectivity index (χ3v) is 9.53. The highest BCUT2D eigenvalue weighted by molar-refractivity contribution is 7.90. The Balaban J connectivity index is 1.45. The fourth-order valence-electron chi connectivity index (χ4n) is 5.62. The zero-order valence-corrected chi connectivity index (χ0v) is 26.6. The molecule has 1 saturated heterocycles. The number of carbonyl (C=O) groups is 3. The Bertz CT molecular complexity index is 1620. The van der Waals surface area contributed by atoms with Crippen molar-refractivity contribution in [2.24, 2.45) is 11.3 Å². The van der Waals surface area contributed by atoms with Crippen LogP contribution >= 0.6 is 11.6 Å². The fraction of sp³-hybridized carbons (Fsp3) is 0.364. The van der Waals surface area contributed by atoms with E-state index in [0.717, 1.165) is 12.0 Å². The van der Waals surface area contributed by atoms with Crippen LogP contribution in [0.4, 0.5) is 0 Å². The molecule has 2 N–H and O–H groups in total. The van der Waals surface area contributed by atoms with Crippen molar-refractivity contribution in [1.82, 2.24) is 14.9 Å². The van der Waals surface area contributed by atoms with Crippen LogP contribution in [0, 0.1) is 18.3 Å². The van der Waals surface area contributed by atoms with Crippen molar-refractivity contribution in [3.8, 4) is 0 Å². The van der Waals surface area contributed by atoms with Crippen LogP contribution in [0.25, 0.3) is 0 Å². The van der Waals surface area contributed by atoms with E-state index in [1.54, 1.807) is 19.1 Å². The molecule has 0 saturated carbocycles. The van der Waals surface area contributed by atoms with Crippen LogP contribution in [-0.2, 0) is 14.8 Å². The molecule has 1 aliphatic rings. The van der Waals surface area contributed by atoms with Gasteiger partial charge >= 0.3 is 0 Å². The molecule has 0 unspecified atom stereocenters. The normalized spacial score (nSPS) is 17.3. The van der Waals surface area contributed by atoms with Gasteiger partial charge < -0.3 is 10.2 Å². The number of carbonyl (C=O) groups excluding carboxylic acids is 3. The monoisotopic (exact) mass is 623 g/mol. The second-order valence-corrected chi connectivity index (χ2v) is 14.3. The molecular weight excluding hydrogens is 586 g/mol. The molecule has 1 fully saturated rings. The molecule has 1 heterocycles.